The number of methoxy groups -OCH3 is 1. The van der Waals surface area contributed by atoms with Crippen LogP contribution in [0.25, 0.3) is 0 Å². The second kappa shape index (κ2) is 6.45. The summed E-state index contributed by atoms with van der Waals surface area (Å²) in [5.41, 5.74) is 1.07. The summed E-state index contributed by atoms with van der Waals surface area (Å²) in [5.74, 6) is 0. The second-order valence-electron chi connectivity index (χ2n) is 4.74. The third-order valence-corrected chi connectivity index (χ3v) is 4.36. The normalized spacial score (nSPS) is 20.4. The number of nitrogens with zero attached hydrogens (tertiary/aromatic N) is 2. The molecule has 19 heavy (non-hydrogen) atoms. The molecule has 0 aliphatic carbocycles. The second-order valence-corrected chi connectivity index (χ2v) is 5.54. The minimum atomic E-state index is -0.359. The van der Waals surface area contributed by atoms with Crippen molar-refractivity contribution in [3.63, 3.8) is 0 Å². The van der Waals surface area contributed by atoms with Crippen molar-refractivity contribution in [2.75, 3.05) is 20.2 Å². The van der Waals surface area contributed by atoms with Gasteiger partial charge in [-0.1, -0.05) is 12.1 Å². The van der Waals surface area contributed by atoms with Gasteiger partial charge >= 0.3 is 0 Å². The summed E-state index contributed by atoms with van der Waals surface area (Å²) < 4.78 is 5.97. The van der Waals surface area contributed by atoms with Gasteiger partial charge in [-0.3, -0.25) is 15.0 Å². The molecule has 0 aromatic heterocycles. The molecular weight excluding hydrogens is 312 g/mol. The molecule has 104 valence electrons. The monoisotopic (exact) mass is 328 g/mol. The molecule has 1 fully saturated rings. The first-order chi connectivity index (χ1) is 9.11. The van der Waals surface area contributed by atoms with E-state index < -0.39 is 0 Å². The number of likely N-dealkylation sites (tertiary alicyclic amines) is 1. The fourth-order valence-corrected chi connectivity index (χ4v) is 2.95. The summed E-state index contributed by atoms with van der Waals surface area (Å²) in [7, 11) is 1.73. The number of piperidine rings is 1. The molecule has 0 saturated carbocycles. The lowest BCUT2D eigenvalue weighted by atomic mass is 10.1. The van der Waals surface area contributed by atoms with Crippen LogP contribution in [0.5, 0.6) is 0 Å². The van der Waals surface area contributed by atoms with E-state index in [1.807, 2.05) is 6.07 Å². The van der Waals surface area contributed by atoms with Crippen molar-refractivity contribution in [3.05, 3.63) is 38.3 Å². The number of nitro benzene ring substituents is 1. The number of hydrogen-bond acceptors (Lipinski definition) is 4. The fourth-order valence-electron chi connectivity index (χ4n) is 2.42. The molecule has 1 heterocycles. The standard InChI is InChI=1S/C13H17BrN2O3/c1-19-11-5-3-7-15(9-11)8-10-4-2-6-12(13(10)14)16(17)18/h2,4,6,11H,3,5,7-9H2,1H3. The molecule has 0 radical (unpaired) electrons. The third-order valence-electron chi connectivity index (χ3n) is 3.44. The van der Waals surface area contributed by atoms with Crippen molar-refractivity contribution in [1.29, 1.82) is 0 Å². The number of benzene rings is 1. The van der Waals surface area contributed by atoms with Crippen molar-refractivity contribution >= 4 is 21.6 Å². The van der Waals surface area contributed by atoms with Crippen LogP contribution in [0, 0.1) is 10.1 Å². The summed E-state index contributed by atoms with van der Waals surface area (Å²) in [4.78, 5) is 12.8. The number of nitro groups is 1. The first-order valence-electron chi connectivity index (χ1n) is 6.28. The molecule has 0 bridgehead atoms. The average molecular weight is 329 g/mol. The van der Waals surface area contributed by atoms with E-state index in [0.717, 1.165) is 31.5 Å². The molecule has 1 aromatic rings. The van der Waals surface area contributed by atoms with Gasteiger partial charge in [-0.15, -0.1) is 0 Å². The smallest absolute Gasteiger partial charge is 0.283 e. The van der Waals surface area contributed by atoms with Crippen LogP contribution in [-0.2, 0) is 11.3 Å². The molecular formula is C13H17BrN2O3. The van der Waals surface area contributed by atoms with Gasteiger partial charge in [0, 0.05) is 26.3 Å². The van der Waals surface area contributed by atoms with Crippen LogP contribution in [0.15, 0.2) is 22.7 Å². The van der Waals surface area contributed by atoms with Crippen LogP contribution >= 0.6 is 15.9 Å². The van der Waals surface area contributed by atoms with Gasteiger partial charge in [0.15, 0.2) is 0 Å². The number of halogens is 1. The molecule has 5 nitrogen and oxygen atoms in total. The van der Waals surface area contributed by atoms with Crippen LogP contribution < -0.4 is 0 Å². The minimum absolute atomic E-state index is 0.123. The van der Waals surface area contributed by atoms with E-state index in [1.165, 1.54) is 6.07 Å². The first-order valence-corrected chi connectivity index (χ1v) is 7.08. The van der Waals surface area contributed by atoms with E-state index in [4.69, 9.17) is 4.74 Å². The van der Waals surface area contributed by atoms with E-state index in [0.29, 0.717) is 11.0 Å². The van der Waals surface area contributed by atoms with Gasteiger partial charge in [-0.05, 0) is 40.9 Å². The highest BCUT2D eigenvalue weighted by atomic mass is 79.9. The summed E-state index contributed by atoms with van der Waals surface area (Å²) in [6.45, 7) is 2.60. The van der Waals surface area contributed by atoms with Crippen LogP contribution in [0.4, 0.5) is 5.69 Å². The van der Waals surface area contributed by atoms with Gasteiger partial charge in [-0.2, -0.15) is 0 Å². The van der Waals surface area contributed by atoms with Crippen LogP contribution in [-0.4, -0.2) is 36.1 Å². The molecule has 2 rings (SSSR count). The van der Waals surface area contributed by atoms with Gasteiger partial charge in [0.05, 0.1) is 15.5 Å². The van der Waals surface area contributed by atoms with Crippen molar-refractivity contribution < 1.29 is 9.66 Å². The van der Waals surface area contributed by atoms with Crippen LogP contribution in [0.2, 0.25) is 0 Å². The maximum absolute atomic E-state index is 10.9. The summed E-state index contributed by atoms with van der Waals surface area (Å²) in [5, 5.41) is 10.9. The minimum Gasteiger partial charge on any atom is -0.380 e. The van der Waals surface area contributed by atoms with Crippen LogP contribution in [0.3, 0.4) is 0 Å². The quantitative estimate of drug-likeness (QED) is 0.629. The Hall–Kier alpha value is -0.980. The molecule has 1 unspecified atom stereocenters. The number of rotatable bonds is 4. The van der Waals surface area contributed by atoms with Gasteiger partial charge in [0.1, 0.15) is 0 Å². The average Bonchev–Trinajstić information content (AvgIpc) is 2.41. The zero-order chi connectivity index (χ0) is 13.8. The predicted octanol–water partition coefficient (Wildman–Crippen LogP) is 2.97. The van der Waals surface area contributed by atoms with E-state index in [1.54, 1.807) is 13.2 Å². The molecule has 1 atom stereocenters. The number of ether oxygens (including phenoxy) is 1. The zero-order valence-corrected chi connectivity index (χ0v) is 12.4. The topological polar surface area (TPSA) is 55.6 Å². The molecule has 0 N–H and O–H groups in total. The van der Waals surface area contributed by atoms with Crippen LogP contribution in [0.1, 0.15) is 18.4 Å². The van der Waals surface area contributed by atoms with E-state index in [9.17, 15) is 10.1 Å². The highest BCUT2D eigenvalue weighted by Gasteiger charge is 2.22. The van der Waals surface area contributed by atoms with Gasteiger partial charge < -0.3 is 4.74 Å². The Labute approximate surface area is 120 Å². The van der Waals surface area contributed by atoms with Crippen molar-refractivity contribution in [2.45, 2.75) is 25.5 Å². The lowest BCUT2D eigenvalue weighted by molar-refractivity contribution is -0.385. The summed E-state index contributed by atoms with van der Waals surface area (Å²) >= 11 is 3.34. The summed E-state index contributed by atoms with van der Waals surface area (Å²) in [6.07, 6.45) is 2.46. The molecule has 1 aliphatic rings. The Morgan fingerprint density at radius 3 is 3.05 bits per heavy atom. The lowest BCUT2D eigenvalue weighted by Gasteiger charge is -2.32. The van der Waals surface area contributed by atoms with Crippen molar-refractivity contribution in [1.82, 2.24) is 4.90 Å². The van der Waals surface area contributed by atoms with Gasteiger partial charge in [-0.25, -0.2) is 0 Å². The molecule has 1 aliphatic heterocycles. The fraction of sp³-hybridized carbons (Fsp3) is 0.538. The highest BCUT2D eigenvalue weighted by molar-refractivity contribution is 9.10. The Balaban J connectivity index is 2.10. The Bertz CT molecular complexity index is 467. The Morgan fingerprint density at radius 1 is 1.58 bits per heavy atom. The van der Waals surface area contributed by atoms with Crippen molar-refractivity contribution in [2.24, 2.45) is 0 Å². The molecule has 6 heteroatoms. The van der Waals surface area contributed by atoms with E-state index in [2.05, 4.69) is 20.8 Å². The molecule has 1 aromatic carbocycles. The van der Waals surface area contributed by atoms with E-state index in [-0.39, 0.29) is 16.7 Å². The maximum Gasteiger partial charge on any atom is 0.283 e. The molecule has 0 spiro atoms. The SMILES string of the molecule is COC1CCCN(Cc2cccc([N+](=O)[O-])c2Br)C1. The third kappa shape index (κ3) is 3.52. The van der Waals surface area contributed by atoms with E-state index >= 15 is 0 Å². The lowest BCUT2D eigenvalue weighted by Crippen LogP contribution is -2.38. The van der Waals surface area contributed by atoms with Gasteiger partial charge in [0.2, 0.25) is 0 Å². The van der Waals surface area contributed by atoms with Crippen molar-refractivity contribution in [3.8, 4) is 0 Å². The molecule has 0 amide bonds. The summed E-state index contributed by atoms with van der Waals surface area (Å²) in [6, 6.07) is 5.17. The zero-order valence-electron chi connectivity index (χ0n) is 10.8. The maximum atomic E-state index is 10.9. The first kappa shape index (κ1) is 14.4. The Kier molecular flexibility index (Phi) is 4.90. The number of hydrogen-bond donors (Lipinski definition) is 0. The predicted molar refractivity (Wildman–Crippen MR) is 76.1 cm³/mol. The molecule has 1 saturated heterocycles. The Morgan fingerprint density at radius 2 is 2.37 bits per heavy atom. The van der Waals surface area contributed by atoms with Gasteiger partial charge in [0.25, 0.3) is 5.69 Å². The highest BCUT2D eigenvalue weighted by Crippen LogP contribution is 2.29. The largest absolute Gasteiger partial charge is 0.380 e.